The van der Waals surface area contributed by atoms with Gasteiger partial charge in [0.05, 0.1) is 16.4 Å². The first kappa shape index (κ1) is 13.3. The molecular formula is C12H20ClN3. The largest absolute Gasteiger partial charge is 0.307 e. The molecule has 90 valence electrons. The van der Waals surface area contributed by atoms with Gasteiger partial charge in [-0.25, -0.2) is 0 Å². The lowest BCUT2D eigenvalue weighted by Gasteiger charge is -2.07. The summed E-state index contributed by atoms with van der Waals surface area (Å²) in [6.45, 7) is 12.4. The van der Waals surface area contributed by atoms with E-state index in [1.54, 1.807) is 0 Å². The molecule has 0 aliphatic carbocycles. The van der Waals surface area contributed by atoms with Crippen LogP contribution in [-0.2, 0) is 19.5 Å². The van der Waals surface area contributed by atoms with Crippen molar-refractivity contribution < 1.29 is 0 Å². The predicted molar refractivity (Wildman–Crippen MR) is 68.8 cm³/mol. The van der Waals surface area contributed by atoms with Crippen LogP contribution in [0.25, 0.3) is 0 Å². The van der Waals surface area contributed by atoms with E-state index in [9.17, 15) is 0 Å². The van der Waals surface area contributed by atoms with Gasteiger partial charge < -0.3 is 5.32 Å². The molecule has 0 radical (unpaired) electrons. The molecule has 0 atom stereocenters. The Kier molecular flexibility index (Phi) is 5.03. The highest BCUT2D eigenvalue weighted by Gasteiger charge is 2.13. The van der Waals surface area contributed by atoms with Crippen molar-refractivity contribution in [1.29, 1.82) is 0 Å². The summed E-state index contributed by atoms with van der Waals surface area (Å²) in [5, 5.41) is 8.58. The SMILES string of the molecule is C=C(C)CNCc1c(Cl)c(CC)nn1CC. The van der Waals surface area contributed by atoms with Gasteiger partial charge in [-0.3, -0.25) is 4.68 Å². The van der Waals surface area contributed by atoms with Crippen LogP contribution in [0.3, 0.4) is 0 Å². The van der Waals surface area contributed by atoms with Crippen LogP contribution >= 0.6 is 11.6 Å². The van der Waals surface area contributed by atoms with Gasteiger partial charge in [-0.05, 0) is 20.3 Å². The van der Waals surface area contributed by atoms with Crippen molar-refractivity contribution >= 4 is 11.6 Å². The molecule has 16 heavy (non-hydrogen) atoms. The molecule has 4 heteroatoms. The molecule has 0 fully saturated rings. The number of rotatable bonds is 6. The van der Waals surface area contributed by atoms with Crippen LogP contribution in [-0.4, -0.2) is 16.3 Å². The average Bonchev–Trinajstić information content (AvgIpc) is 2.55. The first-order chi connectivity index (χ1) is 7.60. The predicted octanol–water partition coefficient (Wildman–Crippen LogP) is 2.78. The van der Waals surface area contributed by atoms with Crippen LogP contribution in [0.5, 0.6) is 0 Å². The third-order valence-electron chi connectivity index (χ3n) is 2.41. The van der Waals surface area contributed by atoms with Crippen molar-refractivity contribution in [2.24, 2.45) is 0 Å². The third-order valence-corrected chi connectivity index (χ3v) is 2.85. The Morgan fingerprint density at radius 1 is 1.50 bits per heavy atom. The summed E-state index contributed by atoms with van der Waals surface area (Å²) in [6, 6.07) is 0. The summed E-state index contributed by atoms with van der Waals surface area (Å²) < 4.78 is 1.96. The van der Waals surface area contributed by atoms with Crippen molar-refractivity contribution in [3.8, 4) is 0 Å². The highest BCUT2D eigenvalue weighted by atomic mass is 35.5. The van der Waals surface area contributed by atoms with Gasteiger partial charge in [0.2, 0.25) is 0 Å². The Morgan fingerprint density at radius 3 is 2.69 bits per heavy atom. The zero-order valence-electron chi connectivity index (χ0n) is 10.3. The smallest absolute Gasteiger partial charge is 0.0863 e. The van der Waals surface area contributed by atoms with Crippen molar-refractivity contribution in [1.82, 2.24) is 15.1 Å². The van der Waals surface area contributed by atoms with Gasteiger partial charge in [0.1, 0.15) is 0 Å². The van der Waals surface area contributed by atoms with E-state index in [0.29, 0.717) is 0 Å². The molecule has 0 saturated carbocycles. The molecule has 0 saturated heterocycles. The second kappa shape index (κ2) is 6.06. The number of aryl methyl sites for hydroxylation is 2. The fourth-order valence-corrected chi connectivity index (χ4v) is 1.92. The number of hydrogen-bond acceptors (Lipinski definition) is 2. The monoisotopic (exact) mass is 241 g/mol. The van der Waals surface area contributed by atoms with Crippen molar-refractivity contribution in [3.05, 3.63) is 28.6 Å². The number of aromatic nitrogens is 2. The molecule has 1 aromatic rings. The highest BCUT2D eigenvalue weighted by Crippen LogP contribution is 2.21. The molecule has 0 aromatic carbocycles. The quantitative estimate of drug-likeness (QED) is 0.777. The number of nitrogens with zero attached hydrogens (tertiary/aromatic N) is 2. The van der Waals surface area contributed by atoms with E-state index in [0.717, 1.165) is 48.0 Å². The summed E-state index contributed by atoms with van der Waals surface area (Å²) in [4.78, 5) is 0. The topological polar surface area (TPSA) is 29.9 Å². The van der Waals surface area contributed by atoms with Gasteiger partial charge in [-0.15, -0.1) is 0 Å². The maximum atomic E-state index is 6.28. The van der Waals surface area contributed by atoms with E-state index < -0.39 is 0 Å². The lowest BCUT2D eigenvalue weighted by atomic mass is 10.3. The summed E-state index contributed by atoms with van der Waals surface area (Å²) >= 11 is 6.28. The Balaban J connectivity index is 2.76. The first-order valence-electron chi connectivity index (χ1n) is 5.69. The first-order valence-corrected chi connectivity index (χ1v) is 6.07. The fourth-order valence-electron chi connectivity index (χ4n) is 1.58. The van der Waals surface area contributed by atoms with Crippen molar-refractivity contribution in [3.63, 3.8) is 0 Å². The highest BCUT2D eigenvalue weighted by molar-refractivity contribution is 6.31. The molecule has 0 aliphatic heterocycles. The van der Waals surface area contributed by atoms with Crippen LogP contribution in [0, 0.1) is 0 Å². The molecule has 0 unspecified atom stereocenters. The van der Waals surface area contributed by atoms with Crippen LogP contribution < -0.4 is 5.32 Å². The second-order valence-electron chi connectivity index (χ2n) is 3.94. The zero-order valence-corrected chi connectivity index (χ0v) is 11.1. The lowest BCUT2D eigenvalue weighted by molar-refractivity contribution is 0.588. The fraction of sp³-hybridized carbons (Fsp3) is 0.583. The van der Waals surface area contributed by atoms with E-state index in [1.807, 2.05) is 11.6 Å². The molecule has 1 rings (SSSR count). The van der Waals surface area contributed by atoms with Gasteiger partial charge in [-0.1, -0.05) is 30.7 Å². The van der Waals surface area contributed by atoms with Gasteiger partial charge in [0.25, 0.3) is 0 Å². The molecule has 0 spiro atoms. The van der Waals surface area contributed by atoms with Crippen molar-refractivity contribution in [2.75, 3.05) is 6.54 Å². The maximum absolute atomic E-state index is 6.28. The average molecular weight is 242 g/mol. The minimum Gasteiger partial charge on any atom is -0.307 e. The summed E-state index contributed by atoms with van der Waals surface area (Å²) in [6.07, 6.45) is 0.874. The van der Waals surface area contributed by atoms with Gasteiger partial charge in [0, 0.05) is 19.6 Å². The standard InChI is InChI=1S/C12H20ClN3/c1-5-10-12(13)11(16(6-2)15-10)8-14-7-9(3)4/h14H,3,5-8H2,1-2,4H3. The number of nitrogens with one attached hydrogen (secondary N) is 1. The second-order valence-corrected chi connectivity index (χ2v) is 4.32. The van der Waals surface area contributed by atoms with Crippen LogP contribution in [0.4, 0.5) is 0 Å². The Hall–Kier alpha value is -0.800. The van der Waals surface area contributed by atoms with Gasteiger partial charge in [-0.2, -0.15) is 5.10 Å². The Morgan fingerprint density at radius 2 is 2.19 bits per heavy atom. The lowest BCUT2D eigenvalue weighted by Crippen LogP contribution is -2.18. The maximum Gasteiger partial charge on any atom is 0.0863 e. The molecule has 1 heterocycles. The molecular weight excluding hydrogens is 222 g/mol. The number of hydrogen-bond donors (Lipinski definition) is 1. The van der Waals surface area contributed by atoms with Crippen molar-refractivity contribution in [2.45, 2.75) is 40.3 Å². The van der Waals surface area contributed by atoms with E-state index >= 15 is 0 Å². The summed E-state index contributed by atoms with van der Waals surface area (Å²) in [5.74, 6) is 0. The molecule has 1 N–H and O–H groups in total. The summed E-state index contributed by atoms with van der Waals surface area (Å²) in [5.41, 5.74) is 3.17. The van der Waals surface area contributed by atoms with E-state index in [2.05, 4.69) is 30.8 Å². The normalized spacial score (nSPS) is 10.8. The van der Waals surface area contributed by atoms with E-state index in [-0.39, 0.29) is 0 Å². The van der Waals surface area contributed by atoms with Gasteiger partial charge in [0.15, 0.2) is 0 Å². The van der Waals surface area contributed by atoms with Crippen LogP contribution in [0.15, 0.2) is 12.2 Å². The summed E-state index contributed by atoms with van der Waals surface area (Å²) in [7, 11) is 0. The van der Waals surface area contributed by atoms with Crippen LogP contribution in [0.1, 0.15) is 32.2 Å². The Labute approximate surface area is 102 Å². The minimum atomic E-state index is 0.743. The molecule has 1 aromatic heterocycles. The van der Waals surface area contributed by atoms with E-state index in [1.165, 1.54) is 0 Å². The van der Waals surface area contributed by atoms with Gasteiger partial charge >= 0.3 is 0 Å². The minimum absolute atomic E-state index is 0.743. The third kappa shape index (κ3) is 3.09. The molecule has 0 amide bonds. The van der Waals surface area contributed by atoms with Crippen LogP contribution in [0.2, 0.25) is 5.02 Å². The number of halogens is 1. The van der Waals surface area contributed by atoms with E-state index in [4.69, 9.17) is 11.6 Å². The molecule has 0 bridgehead atoms. The molecule has 3 nitrogen and oxygen atoms in total. The Bertz CT molecular complexity index is 369. The zero-order chi connectivity index (χ0) is 12.1. The molecule has 0 aliphatic rings.